The number of rotatable bonds is 5. The zero-order valence-electron chi connectivity index (χ0n) is 11.4. The van der Waals surface area contributed by atoms with E-state index in [1.165, 1.54) is 0 Å². The number of pyridine rings is 1. The van der Waals surface area contributed by atoms with E-state index in [9.17, 15) is 9.59 Å². The minimum absolute atomic E-state index is 0.203. The first-order valence-corrected chi connectivity index (χ1v) is 6.44. The Morgan fingerprint density at radius 2 is 1.85 bits per heavy atom. The Morgan fingerprint density at radius 1 is 1.20 bits per heavy atom. The second-order valence-electron chi connectivity index (χ2n) is 4.04. The molecule has 2 heterocycles. The van der Waals surface area contributed by atoms with Gasteiger partial charge in [0.1, 0.15) is 5.65 Å². The Balaban J connectivity index is 2.47. The van der Waals surface area contributed by atoms with Gasteiger partial charge in [-0.2, -0.15) is 0 Å². The van der Waals surface area contributed by atoms with Gasteiger partial charge in [0, 0.05) is 18.1 Å². The van der Waals surface area contributed by atoms with E-state index in [1.807, 2.05) is 0 Å². The third kappa shape index (κ3) is 2.64. The lowest BCUT2D eigenvalue weighted by Gasteiger charge is -2.16. The highest BCUT2D eigenvalue weighted by molar-refractivity contribution is 6.00. The largest absolute Gasteiger partial charge is 0.465 e. The van der Waals surface area contributed by atoms with Gasteiger partial charge in [-0.05, 0) is 26.0 Å². The molecule has 0 spiro atoms. The van der Waals surface area contributed by atoms with Crippen LogP contribution in [0.25, 0.3) is 5.65 Å². The number of carbonyl (C=O) groups excluding carboxylic acids is 2. The molecule has 0 atom stereocenters. The van der Waals surface area contributed by atoms with Crippen molar-refractivity contribution in [3.8, 4) is 0 Å². The molecule has 6 nitrogen and oxygen atoms in total. The zero-order valence-corrected chi connectivity index (χ0v) is 11.4. The lowest BCUT2D eigenvalue weighted by molar-refractivity contribution is -0.157. The van der Waals surface area contributed by atoms with Crippen LogP contribution in [0, 0.1) is 0 Å². The molecule has 0 radical (unpaired) electrons. The van der Waals surface area contributed by atoms with E-state index in [0.717, 1.165) is 0 Å². The molecule has 0 aromatic carbocycles. The summed E-state index contributed by atoms with van der Waals surface area (Å²) < 4.78 is 11.6. The number of aromatic nitrogens is 2. The monoisotopic (exact) mass is 276 g/mol. The Hall–Kier alpha value is -2.37. The first-order valence-electron chi connectivity index (χ1n) is 6.44. The number of nitrogens with zero attached hydrogens (tertiary/aromatic N) is 2. The van der Waals surface area contributed by atoms with Crippen molar-refractivity contribution >= 4 is 17.6 Å². The van der Waals surface area contributed by atoms with Crippen LogP contribution in [0.4, 0.5) is 0 Å². The van der Waals surface area contributed by atoms with E-state index in [2.05, 4.69) is 4.98 Å². The van der Waals surface area contributed by atoms with Gasteiger partial charge in [-0.1, -0.05) is 6.07 Å². The number of fused-ring (bicyclic) bond motifs is 1. The summed E-state index contributed by atoms with van der Waals surface area (Å²) >= 11 is 0. The number of imidazole rings is 1. The van der Waals surface area contributed by atoms with Crippen LogP contribution in [0.15, 0.2) is 30.6 Å². The third-order valence-corrected chi connectivity index (χ3v) is 2.80. The summed E-state index contributed by atoms with van der Waals surface area (Å²) in [6, 6.07) is 5.22. The summed E-state index contributed by atoms with van der Waals surface area (Å²) in [5.74, 6) is -2.34. The van der Waals surface area contributed by atoms with Crippen molar-refractivity contribution in [2.75, 3.05) is 13.2 Å². The summed E-state index contributed by atoms with van der Waals surface area (Å²) in [5.41, 5.74) is 1.14. The lowest BCUT2D eigenvalue weighted by Crippen LogP contribution is -2.27. The van der Waals surface area contributed by atoms with Gasteiger partial charge in [0.2, 0.25) is 0 Å². The molecular weight excluding hydrogens is 260 g/mol. The number of esters is 2. The van der Waals surface area contributed by atoms with Crippen molar-refractivity contribution < 1.29 is 19.1 Å². The van der Waals surface area contributed by atoms with Crippen LogP contribution in [0.5, 0.6) is 0 Å². The molecule has 0 N–H and O–H groups in total. The summed E-state index contributed by atoms with van der Waals surface area (Å²) in [7, 11) is 0. The molecule has 0 saturated heterocycles. The van der Waals surface area contributed by atoms with E-state index in [0.29, 0.717) is 11.3 Å². The number of hydrogen-bond acceptors (Lipinski definition) is 5. The van der Waals surface area contributed by atoms with Crippen molar-refractivity contribution in [1.29, 1.82) is 0 Å². The Bertz CT molecular complexity index is 602. The SMILES string of the molecule is CCOC(=O)C(C(=O)OCC)c1cccc2nccn12. The van der Waals surface area contributed by atoms with Crippen LogP contribution in [0.3, 0.4) is 0 Å². The molecule has 2 aromatic heterocycles. The van der Waals surface area contributed by atoms with Crippen LogP contribution >= 0.6 is 0 Å². The van der Waals surface area contributed by atoms with E-state index in [4.69, 9.17) is 9.47 Å². The van der Waals surface area contributed by atoms with Gasteiger partial charge >= 0.3 is 11.9 Å². The average molecular weight is 276 g/mol. The van der Waals surface area contributed by atoms with Gasteiger partial charge < -0.3 is 13.9 Å². The van der Waals surface area contributed by atoms with Crippen molar-refractivity contribution in [2.45, 2.75) is 19.8 Å². The fraction of sp³-hybridized carbons (Fsp3) is 0.357. The fourth-order valence-electron chi connectivity index (χ4n) is 1.99. The van der Waals surface area contributed by atoms with Gasteiger partial charge in [-0.3, -0.25) is 9.59 Å². The summed E-state index contributed by atoms with van der Waals surface area (Å²) in [5, 5.41) is 0. The third-order valence-electron chi connectivity index (χ3n) is 2.80. The predicted octanol–water partition coefficient (Wildman–Crippen LogP) is 1.54. The Morgan fingerprint density at radius 3 is 2.45 bits per heavy atom. The smallest absolute Gasteiger partial charge is 0.326 e. The highest BCUT2D eigenvalue weighted by atomic mass is 16.6. The summed E-state index contributed by atoms with van der Waals surface area (Å²) in [6.45, 7) is 3.79. The predicted molar refractivity (Wildman–Crippen MR) is 71.2 cm³/mol. The second-order valence-corrected chi connectivity index (χ2v) is 4.04. The van der Waals surface area contributed by atoms with Crippen LogP contribution in [0.1, 0.15) is 25.5 Å². The number of ether oxygens (including phenoxy) is 2. The first kappa shape index (κ1) is 14.0. The van der Waals surface area contributed by atoms with Gasteiger partial charge in [-0.15, -0.1) is 0 Å². The maximum Gasteiger partial charge on any atom is 0.326 e. The standard InChI is InChI=1S/C14H16N2O4/c1-3-19-13(17)12(14(18)20-4-2)10-6-5-7-11-15-8-9-16(10)11/h5-9,12H,3-4H2,1-2H3. The van der Waals surface area contributed by atoms with E-state index in [-0.39, 0.29) is 13.2 Å². The molecular formula is C14H16N2O4. The van der Waals surface area contributed by atoms with Gasteiger partial charge in [0.15, 0.2) is 5.92 Å². The first-order chi connectivity index (χ1) is 9.69. The van der Waals surface area contributed by atoms with Crippen LogP contribution < -0.4 is 0 Å². The molecule has 106 valence electrons. The van der Waals surface area contributed by atoms with Crippen LogP contribution in [0.2, 0.25) is 0 Å². The number of carbonyl (C=O) groups is 2. The topological polar surface area (TPSA) is 69.9 Å². The molecule has 0 aliphatic rings. The van der Waals surface area contributed by atoms with Gasteiger partial charge in [-0.25, -0.2) is 4.98 Å². The summed E-state index contributed by atoms with van der Waals surface area (Å²) in [6.07, 6.45) is 3.29. The molecule has 6 heteroatoms. The molecule has 0 amide bonds. The minimum atomic E-state index is -1.10. The highest BCUT2D eigenvalue weighted by Crippen LogP contribution is 2.20. The van der Waals surface area contributed by atoms with Crippen molar-refractivity contribution in [2.24, 2.45) is 0 Å². The van der Waals surface area contributed by atoms with Crippen molar-refractivity contribution in [1.82, 2.24) is 9.38 Å². The van der Waals surface area contributed by atoms with Crippen molar-refractivity contribution in [3.63, 3.8) is 0 Å². The Labute approximate surface area is 116 Å². The molecule has 0 saturated carbocycles. The molecule has 0 unspecified atom stereocenters. The molecule has 0 bridgehead atoms. The van der Waals surface area contributed by atoms with Gasteiger partial charge in [0.05, 0.1) is 13.2 Å². The minimum Gasteiger partial charge on any atom is -0.465 e. The molecule has 0 fully saturated rings. The van der Waals surface area contributed by atoms with Gasteiger partial charge in [0.25, 0.3) is 0 Å². The normalized spacial score (nSPS) is 10.8. The molecule has 0 aliphatic heterocycles. The molecule has 2 aromatic rings. The van der Waals surface area contributed by atoms with E-state index < -0.39 is 17.9 Å². The van der Waals surface area contributed by atoms with Crippen LogP contribution in [-0.2, 0) is 19.1 Å². The number of hydrogen-bond donors (Lipinski definition) is 0. The van der Waals surface area contributed by atoms with E-state index >= 15 is 0 Å². The quantitative estimate of drug-likeness (QED) is 0.612. The zero-order chi connectivity index (χ0) is 14.5. The second kappa shape index (κ2) is 6.18. The Kier molecular flexibility index (Phi) is 4.34. The van der Waals surface area contributed by atoms with Crippen molar-refractivity contribution in [3.05, 3.63) is 36.3 Å². The lowest BCUT2D eigenvalue weighted by atomic mass is 10.0. The molecule has 0 aliphatic carbocycles. The maximum absolute atomic E-state index is 12.1. The fourth-order valence-corrected chi connectivity index (χ4v) is 1.99. The average Bonchev–Trinajstić information content (AvgIpc) is 2.89. The summed E-state index contributed by atoms with van der Waals surface area (Å²) in [4.78, 5) is 28.3. The molecule has 2 rings (SSSR count). The van der Waals surface area contributed by atoms with Crippen LogP contribution in [-0.4, -0.2) is 34.5 Å². The molecule has 20 heavy (non-hydrogen) atoms. The highest BCUT2D eigenvalue weighted by Gasteiger charge is 2.33. The van der Waals surface area contributed by atoms with E-state index in [1.54, 1.807) is 48.8 Å². The maximum atomic E-state index is 12.1.